The fraction of sp³-hybridized carbons (Fsp3) is 0.577. The number of ether oxygens (including phenoxy) is 2. The third-order valence-corrected chi connectivity index (χ3v) is 7.52. The third-order valence-electron chi connectivity index (χ3n) is 7.52. The predicted octanol–water partition coefficient (Wildman–Crippen LogP) is 3.40. The predicted molar refractivity (Wildman–Crippen MR) is 128 cm³/mol. The van der Waals surface area contributed by atoms with Gasteiger partial charge in [0.05, 0.1) is 25.5 Å². The van der Waals surface area contributed by atoms with E-state index in [2.05, 4.69) is 5.32 Å². The molecule has 1 saturated heterocycles. The summed E-state index contributed by atoms with van der Waals surface area (Å²) in [5.74, 6) is 0.492. The van der Waals surface area contributed by atoms with Gasteiger partial charge in [-0.1, -0.05) is 19.3 Å². The number of hydrogen-bond donors (Lipinski definition) is 1. The van der Waals surface area contributed by atoms with E-state index in [4.69, 9.17) is 14.6 Å². The Morgan fingerprint density at radius 3 is 2.62 bits per heavy atom. The molecular formula is C26H34N4O4. The molecule has 1 saturated carbocycles. The van der Waals surface area contributed by atoms with E-state index >= 15 is 0 Å². The topological polar surface area (TPSA) is 85.7 Å². The monoisotopic (exact) mass is 466 g/mol. The summed E-state index contributed by atoms with van der Waals surface area (Å²) in [6, 6.07) is 9.60. The molecule has 3 aliphatic rings. The second-order valence-corrected chi connectivity index (χ2v) is 9.93. The number of nitrogens with one attached hydrogen (secondary N) is 1. The number of aromatic nitrogens is 2. The molecule has 2 amide bonds. The van der Waals surface area contributed by atoms with E-state index in [9.17, 15) is 9.59 Å². The first-order valence-corrected chi connectivity index (χ1v) is 12.4. The lowest BCUT2D eigenvalue weighted by Gasteiger charge is -2.44. The SMILES string of the molecule is COc1ccc(-c2cc3n(n2)C[C@@](C)(C(=O)NC2CCCCC2)N(C[C@H]2CCCO2)C3=O)cc1. The fourth-order valence-electron chi connectivity index (χ4n) is 5.41. The van der Waals surface area contributed by atoms with Gasteiger partial charge in [0, 0.05) is 24.8 Å². The lowest BCUT2D eigenvalue weighted by molar-refractivity contribution is -0.134. The van der Waals surface area contributed by atoms with E-state index in [1.807, 2.05) is 37.3 Å². The van der Waals surface area contributed by atoms with Crippen molar-refractivity contribution in [3.05, 3.63) is 36.0 Å². The van der Waals surface area contributed by atoms with Crippen molar-refractivity contribution in [2.75, 3.05) is 20.3 Å². The van der Waals surface area contributed by atoms with Gasteiger partial charge in [0.2, 0.25) is 5.91 Å². The zero-order chi connectivity index (χ0) is 23.7. The second kappa shape index (κ2) is 9.41. The standard InChI is InChI=1S/C26H34N4O4/c1-26(25(32)27-19-7-4-3-5-8-19)17-30-23(24(31)29(26)16-21-9-6-14-34-21)15-22(28-30)18-10-12-20(33-2)13-11-18/h10-13,15,19,21H,3-9,14,16-17H2,1-2H3,(H,27,32)/t21-,26+/m1/s1. The van der Waals surface area contributed by atoms with Crippen LogP contribution in [0.5, 0.6) is 5.75 Å². The average Bonchev–Trinajstić information content (AvgIpc) is 3.52. The van der Waals surface area contributed by atoms with Crippen molar-refractivity contribution in [3.63, 3.8) is 0 Å². The average molecular weight is 467 g/mol. The van der Waals surface area contributed by atoms with Crippen molar-refractivity contribution in [2.45, 2.75) is 76.1 Å². The number of amides is 2. The molecule has 0 radical (unpaired) electrons. The highest BCUT2D eigenvalue weighted by atomic mass is 16.5. The molecule has 34 heavy (non-hydrogen) atoms. The van der Waals surface area contributed by atoms with Crippen molar-refractivity contribution in [1.82, 2.24) is 20.0 Å². The lowest BCUT2D eigenvalue weighted by Crippen LogP contribution is -2.66. The van der Waals surface area contributed by atoms with Crippen LogP contribution >= 0.6 is 0 Å². The summed E-state index contributed by atoms with van der Waals surface area (Å²) in [6.45, 7) is 3.30. The molecular weight excluding hydrogens is 432 g/mol. The normalized spacial score (nSPS) is 25.3. The lowest BCUT2D eigenvalue weighted by atomic mass is 9.91. The van der Waals surface area contributed by atoms with Gasteiger partial charge < -0.3 is 19.7 Å². The number of benzene rings is 1. The highest BCUT2D eigenvalue weighted by Gasteiger charge is 2.49. The Hall–Kier alpha value is -2.87. The Balaban J connectivity index is 1.46. The summed E-state index contributed by atoms with van der Waals surface area (Å²) in [5, 5.41) is 7.99. The minimum atomic E-state index is -1.03. The van der Waals surface area contributed by atoms with Crippen LogP contribution in [0.2, 0.25) is 0 Å². The number of nitrogens with zero attached hydrogens (tertiary/aromatic N) is 3. The van der Waals surface area contributed by atoms with Crippen LogP contribution in [0, 0.1) is 0 Å². The number of carbonyl (C=O) groups excluding carboxylic acids is 2. The number of fused-ring (bicyclic) bond motifs is 1. The maximum absolute atomic E-state index is 13.8. The first-order valence-electron chi connectivity index (χ1n) is 12.4. The van der Waals surface area contributed by atoms with Crippen molar-refractivity contribution >= 4 is 11.8 Å². The Labute approximate surface area is 200 Å². The van der Waals surface area contributed by atoms with E-state index in [-0.39, 0.29) is 24.0 Å². The largest absolute Gasteiger partial charge is 0.497 e. The second-order valence-electron chi connectivity index (χ2n) is 9.93. The molecule has 1 N–H and O–H groups in total. The molecule has 2 fully saturated rings. The fourth-order valence-corrected chi connectivity index (χ4v) is 5.41. The van der Waals surface area contributed by atoms with Gasteiger partial charge in [-0.2, -0.15) is 5.10 Å². The highest BCUT2D eigenvalue weighted by molar-refractivity contribution is 6.00. The first-order chi connectivity index (χ1) is 16.5. The summed E-state index contributed by atoms with van der Waals surface area (Å²) in [5.41, 5.74) is 1.08. The van der Waals surface area contributed by atoms with Gasteiger partial charge in [-0.05, 0) is 62.9 Å². The van der Waals surface area contributed by atoms with Crippen LogP contribution in [0.15, 0.2) is 30.3 Å². The Bertz CT molecular complexity index is 1040. The van der Waals surface area contributed by atoms with Crippen LogP contribution in [0.3, 0.4) is 0 Å². The van der Waals surface area contributed by atoms with E-state index < -0.39 is 5.54 Å². The summed E-state index contributed by atoms with van der Waals surface area (Å²) >= 11 is 0. The molecule has 0 bridgehead atoms. The van der Waals surface area contributed by atoms with Crippen molar-refractivity contribution in [1.29, 1.82) is 0 Å². The number of carbonyl (C=O) groups is 2. The maximum Gasteiger partial charge on any atom is 0.273 e. The van der Waals surface area contributed by atoms with Crippen LogP contribution in [0.25, 0.3) is 11.3 Å². The van der Waals surface area contributed by atoms with Gasteiger partial charge in [-0.15, -0.1) is 0 Å². The van der Waals surface area contributed by atoms with Crippen LogP contribution in [0.4, 0.5) is 0 Å². The van der Waals surface area contributed by atoms with Crippen LogP contribution in [0.1, 0.15) is 62.4 Å². The molecule has 2 aliphatic heterocycles. The van der Waals surface area contributed by atoms with Crippen molar-refractivity contribution < 1.29 is 19.1 Å². The van der Waals surface area contributed by atoms with Gasteiger partial charge in [-0.3, -0.25) is 14.3 Å². The van der Waals surface area contributed by atoms with E-state index in [1.54, 1.807) is 16.7 Å². The molecule has 182 valence electrons. The Morgan fingerprint density at radius 1 is 1.18 bits per heavy atom. The zero-order valence-corrected chi connectivity index (χ0v) is 20.1. The van der Waals surface area contributed by atoms with Gasteiger partial charge >= 0.3 is 0 Å². The molecule has 1 aromatic heterocycles. The van der Waals surface area contributed by atoms with Gasteiger partial charge in [0.1, 0.15) is 17.0 Å². The minimum absolute atomic E-state index is 0.0405. The third kappa shape index (κ3) is 4.31. The highest BCUT2D eigenvalue weighted by Crippen LogP contribution is 2.32. The van der Waals surface area contributed by atoms with Gasteiger partial charge in [-0.25, -0.2) is 0 Å². The molecule has 1 aliphatic carbocycles. The summed E-state index contributed by atoms with van der Waals surface area (Å²) in [6.07, 6.45) is 7.33. The van der Waals surface area contributed by atoms with Gasteiger partial charge in [0.15, 0.2) is 0 Å². The van der Waals surface area contributed by atoms with Crippen LogP contribution < -0.4 is 10.1 Å². The molecule has 8 nitrogen and oxygen atoms in total. The number of methoxy groups -OCH3 is 1. The molecule has 1 aromatic carbocycles. The first kappa shape index (κ1) is 22.9. The van der Waals surface area contributed by atoms with Crippen LogP contribution in [-0.2, 0) is 16.1 Å². The van der Waals surface area contributed by atoms with Gasteiger partial charge in [0.25, 0.3) is 5.91 Å². The number of hydrogen-bond acceptors (Lipinski definition) is 5. The van der Waals surface area contributed by atoms with Crippen molar-refractivity contribution in [2.24, 2.45) is 0 Å². The molecule has 2 atom stereocenters. The Kier molecular flexibility index (Phi) is 6.34. The van der Waals surface area contributed by atoms with Crippen molar-refractivity contribution in [3.8, 4) is 17.0 Å². The molecule has 5 rings (SSSR count). The maximum atomic E-state index is 13.8. The molecule has 0 unspecified atom stereocenters. The molecule has 8 heteroatoms. The summed E-state index contributed by atoms with van der Waals surface area (Å²) in [7, 11) is 1.63. The molecule has 3 heterocycles. The summed E-state index contributed by atoms with van der Waals surface area (Å²) in [4.78, 5) is 29.2. The Morgan fingerprint density at radius 2 is 1.94 bits per heavy atom. The van der Waals surface area contributed by atoms with E-state index in [1.165, 1.54) is 6.42 Å². The van der Waals surface area contributed by atoms with E-state index in [0.29, 0.717) is 31.1 Å². The quantitative estimate of drug-likeness (QED) is 0.705. The van der Waals surface area contributed by atoms with E-state index in [0.717, 1.165) is 49.8 Å². The summed E-state index contributed by atoms with van der Waals surface area (Å²) < 4.78 is 12.8. The molecule has 2 aromatic rings. The smallest absolute Gasteiger partial charge is 0.273 e. The van der Waals surface area contributed by atoms with Crippen LogP contribution in [-0.4, -0.2) is 64.4 Å². The molecule has 0 spiro atoms. The number of rotatable bonds is 6. The zero-order valence-electron chi connectivity index (χ0n) is 20.1. The minimum Gasteiger partial charge on any atom is -0.497 e.